The number of hydrogen-bond acceptors (Lipinski definition) is 3. The molecule has 4 unspecified atom stereocenters. The zero-order chi connectivity index (χ0) is 13.8. The molecule has 0 aromatic carbocycles. The van der Waals surface area contributed by atoms with Crippen LogP contribution >= 0.6 is 0 Å². The minimum absolute atomic E-state index is 0.0310. The summed E-state index contributed by atoms with van der Waals surface area (Å²) in [5.41, 5.74) is -0.113. The van der Waals surface area contributed by atoms with Gasteiger partial charge in [-0.1, -0.05) is 13.8 Å². The van der Waals surface area contributed by atoms with Gasteiger partial charge in [-0.25, -0.2) is 8.78 Å². The fourth-order valence-electron chi connectivity index (χ4n) is 3.77. The van der Waals surface area contributed by atoms with Crippen molar-refractivity contribution in [1.82, 2.24) is 10.6 Å². The second kappa shape index (κ2) is 4.12. The lowest BCUT2D eigenvalue weighted by molar-refractivity contribution is -0.139. The van der Waals surface area contributed by atoms with Crippen LogP contribution < -0.4 is 10.6 Å². The van der Waals surface area contributed by atoms with Crippen LogP contribution in [0.15, 0.2) is 0 Å². The van der Waals surface area contributed by atoms with Crippen molar-refractivity contribution in [2.45, 2.75) is 50.8 Å². The number of halogens is 2. The second-order valence-corrected chi connectivity index (χ2v) is 6.55. The Bertz CT molecular complexity index is 400. The van der Waals surface area contributed by atoms with E-state index >= 15 is 0 Å². The minimum atomic E-state index is -2.77. The lowest BCUT2D eigenvalue weighted by Crippen LogP contribution is -2.67. The predicted octanol–water partition coefficient (Wildman–Crippen LogP) is 0.913. The van der Waals surface area contributed by atoms with Gasteiger partial charge in [-0.3, -0.25) is 10.1 Å². The van der Waals surface area contributed by atoms with Crippen LogP contribution in [0.4, 0.5) is 8.78 Å². The van der Waals surface area contributed by atoms with Gasteiger partial charge in [-0.05, 0) is 6.42 Å². The highest BCUT2D eigenvalue weighted by atomic mass is 19.3. The molecule has 0 aromatic heterocycles. The molecular formula is C13H20F2N2O2. The van der Waals surface area contributed by atoms with E-state index in [0.717, 1.165) is 13.0 Å². The Labute approximate surface area is 111 Å². The van der Waals surface area contributed by atoms with Crippen molar-refractivity contribution in [3.05, 3.63) is 0 Å². The van der Waals surface area contributed by atoms with Gasteiger partial charge < -0.3 is 10.1 Å². The first-order chi connectivity index (χ1) is 8.81. The summed E-state index contributed by atoms with van der Waals surface area (Å²) < 4.78 is 31.8. The first kappa shape index (κ1) is 13.2. The van der Waals surface area contributed by atoms with Gasteiger partial charge in [-0.15, -0.1) is 0 Å². The van der Waals surface area contributed by atoms with E-state index in [2.05, 4.69) is 24.5 Å². The summed E-state index contributed by atoms with van der Waals surface area (Å²) in [5.74, 6) is -2.74. The number of amides is 1. The van der Waals surface area contributed by atoms with E-state index < -0.39 is 24.9 Å². The van der Waals surface area contributed by atoms with Crippen molar-refractivity contribution in [3.63, 3.8) is 0 Å². The first-order valence-electron chi connectivity index (χ1n) is 6.84. The van der Waals surface area contributed by atoms with E-state index in [1.165, 1.54) is 0 Å². The van der Waals surface area contributed by atoms with E-state index in [9.17, 15) is 13.6 Å². The molecule has 1 saturated carbocycles. The van der Waals surface area contributed by atoms with Crippen LogP contribution in [0.1, 0.15) is 26.7 Å². The average Bonchev–Trinajstić information content (AvgIpc) is 2.90. The van der Waals surface area contributed by atoms with Gasteiger partial charge >= 0.3 is 0 Å². The second-order valence-electron chi connectivity index (χ2n) is 6.55. The molecule has 4 atom stereocenters. The normalized spacial score (nSPS) is 42.5. The number of carbonyl (C=O) groups excluding carboxylic acids is 1. The van der Waals surface area contributed by atoms with Crippen LogP contribution in [-0.2, 0) is 9.53 Å². The largest absolute Gasteiger partial charge is 0.377 e. The quantitative estimate of drug-likeness (QED) is 0.787. The molecule has 3 rings (SSSR count). The molecule has 1 amide bonds. The number of ether oxygens (including phenoxy) is 1. The molecule has 6 heteroatoms. The highest BCUT2D eigenvalue weighted by Gasteiger charge is 2.60. The van der Waals surface area contributed by atoms with Crippen molar-refractivity contribution in [3.8, 4) is 0 Å². The first-order valence-corrected chi connectivity index (χ1v) is 6.84. The molecule has 0 bridgehead atoms. The lowest BCUT2D eigenvalue weighted by Gasteiger charge is -2.54. The van der Waals surface area contributed by atoms with Crippen molar-refractivity contribution < 1.29 is 18.3 Å². The summed E-state index contributed by atoms with van der Waals surface area (Å²) >= 11 is 0. The molecule has 3 aliphatic rings. The van der Waals surface area contributed by atoms with E-state index in [0.29, 0.717) is 5.92 Å². The summed E-state index contributed by atoms with van der Waals surface area (Å²) in [6, 6.07) is -0.740. The van der Waals surface area contributed by atoms with E-state index in [4.69, 9.17) is 4.74 Å². The third-order valence-electron chi connectivity index (χ3n) is 4.82. The Morgan fingerprint density at radius 1 is 1.42 bits per heavy atom. The molecule has 4 nitrogen and oxygen atoms in total. The molecule has 3 fully saturated rings. The molecule has 1 aliphatic carbocycles. The Morgan fingerprint density at radius 3 is 2.79 bits per heavy atom. The maximum Gasteiger partial charge on any atom is 0.262 e. The van der Waals surface area contributed by atoms with Crippen molar-refractivity contribution in [2.75, 3.05) is 13.2 Å². The molecule has 2 N–H and O–H groups in total. The van der Waals surface area contributed by atoms with E-state index in [-0.39, 0.29) is 23.5 Å². The summed E-state index contributed by atoms with van der Waals surface area (Å²) in [6.07, 6.45) is 0.722. The van der Waals surface area contributed by atoms with Crippen molar-refractivity contribution >= 4 is 5.91 Å². The summed E-state index contributed by atoms with van der Waals surface area (Å²) in [5, 5.41) is 5.54. The molecule has 2 saturated heterocycles. The average molecular weight is 274 g/mol. The highest BCUT2D eigenvalue weighted by molar-refractivity contribution is 5.82. The summed E-state index contributed by atoms with van der Waals surface area (Å²) in [4.78, 5) is 12.1. The van der Waals surface area contributed by atoms with Crippen LogP contribution in [0.2, 0.25) is 0 Å². The molecule has 108 valence electrons. The fraction of sp³-hybridized carbons (Fsp3) is 0.923. The topological polar surface area (TPSA) is 50.4 Å². The fourth-order valence-corrected chi connectivity index (χ4v) is 3.77. The highest BCUT2D eigenvalue weighted by Crippen LogP contribution is 2.52. The Balaban J connectivity index is 1.61. The zero-order valence-electron chi connectivity index (χ0n) is 11.2. The van der Waals surface area contributed by atoms with Gasteiger partial charge in [0.2, 0.25) is 5.91 Å². The molecule has 19 heavy (non-hydrogen) atoms. The van der Waals surface area contributed by atoms with Crippen LogP contribution in [0.5, 0.6) is 0 Å². The van der Waals surface area contributed by atoms with Crippen LogP contribution in [0.25, 0.3) is 0 Å². The van der Waals surface area contributed by atoms with Crippen molar-refractivity contribution in [1.29, 1.82) is 0 Å². The number of fused-ring (bicyclic) bond motifs is 1. The number of hydrogen-bond donors (Lipinski definition) is 2. The summed E-state index contributed by atoms with van der Waals surface area (Å²) in [6.45, 7) is 4.43. The molecule has 2 heterocycles. The standard InChI is InChI=1S/C13H20F2N2O2/c1-12(2)9(7-3-4-19-10(7)12)17-11(18)8-5-13(14,15)6-16-8/h7-10,16H,3-6H2,1-2H3,(H,17,18). The monoisotopic (exact) mass is 274 g/mol. The zero-order valence-corrected chi connectivity index (χ0v) is 11.2. The SMILES string of the molecule is CC1(C)C(NC(=O)C2CC(F)(F)CN2)C2CCOC21. The molecule has 0 radical (unpaired) electrons. The van der Waals surface area contributed by atoms with Gasteiger partial charge in [-0.2, -0.15) is 0 Å². The molecule has 2 aliphatic heterocycles. The van der Waals surface area contributed by atoms with Gasteiger partial charge in [0.1, 0.15) is 0 Å². The lowest BCUT2D eigenvalue weighted by atomic mass is 9.57. The van der Waals surface area contributed by atoms with E-state index in [1.807, 2.05) is 0 Å². The summed E-state index contributed by atoms with van der Waals surface area (Å²) in [7, 11) is 0. The molecular weight excluding hydrogens is 254 g/mol. The Morgan fingerprint density at radius 2 is 2.16 bits per heavy atom. The third kappa shape index (κ3) is 2.05. The van der Waals surface area contributed by atoms with Crippen molar-refractivity contribution in [2.24, 2.45) is 11.3 Å². The van der Waals surface area contributed by atoms with Gasteiger partial charge in [0, 0.05) is 30.4 Å². The van der Waals surface area contributed by atoms with Crippen LogP contribution in [0, 0.1) is 11.3 Å². The number of rotatable bonds is 2. The number of alkyl halides is 2. The van der Waals surface area contributed by atoms with Gasteiger partial charge in [0.25, 0.3) is 5.92 Å². The molecule has 0 aromatic rings. The predicted molar refractivity (Wildman–Crippen MR) is 64.9 cm³/mol. The van der Waals surface area contributed by atoms with Crippen LogP contribution in [-0.4, -0.2) is 43.2 Å². The number of nitrogens with one attached hydrogen (secondary N) is 2. The maximum atomic E-state index is 13.1. The third-order valence-corrected chi connectivity index (χ3v) is 4.82. The van der Waals surface area contributed by atoms with Crippen LogP contribution in [0.3, 0.4) is 0 Å². The maximum absolute atomic E-state index is 13.1. The molecule has 0 spiro atoms. The van der Waals surface area contributed by atoms with Gasteiger partial charge in [0.15, 0.2) is 0 Å². The van der Waals surface area contributed by atoms with E-state index in [1.54, 1.807) is 0 Å². The minimum Gasteiger partial charge on any atom is -0.377 e. The Kier molecular flexibility index (Phi) is 2.87. The smallest absolute Gasteiger partial charge is 0.262 e. The number of carbonyl (C=O) groups is 1. The van der Waals surface area contributed by atoms with Gasteiger partial charge in [0.05, 0.1) is 18.7 Å². The Hall–Kier alpha value is -0.750.